The molecule has 4 rings (SSSR count). The van der Waals surface area contributed by atoms with E-state index < -0.39 is 26.6 Å². The van der Waals surface area contributed by atoms with E-state index in [-0.39, 0.29) is 29.8 Å². The van der Waals surface area contributed by atoms with Gasteiger partial charge in [-0.1, -0.05) is 18.3 Å². The van der Waals surface area contributed by atoms with Crippen LogP contribution in [0.1, 0.15) is 19.0 Å². The van der Waals surface area contributed by atoms with Crippen molar-refractivity contribution in [3.63, 3.8) is 0 Å². The summed E-state index contributed by atoms with van der Waals surface area (Å²) in [5, 5.41) is 3.05. The minimum absolute atomic E-state index is 0.0681. The second-order valence-corrected chi connectivity index (χ2v) is 9.80. The molecule has 182 valence electrons. The average molecular weight is 521 g/mol. The zero-order chi connectivity index (χ0) is 25.3. The summed E-state index contributed by atoms with van der Waals surface area (Å²) in [7, 11) is -3.14. The molecule has 35 heavy (non-hydrogen) atoms. The molecule has 0 aliphatic heterocycles. The van der Waals surface area contributed by atoms with Crippen LogP contribution < -0.4 is 14.8 Å². The lowest BCUT2D eigenvalue weighted by Gasteiger charge is -2.12. The molecule has 0 bridgehead atoms. The number of sulfonamides is 1. The van der Waals surface area contributed by atoms with Gasteiger partial charge < -0.3 is 4.74 Å². The van der Waals surface area contributed by atoms with E-state index in [0.717, 1.165) is 12.1 Å². The molecule has 0 saturated heterocycles. The van der Waals surface area contributed by atoms with E-state index in [4.69, 9.17) is 4.74 Å². The zero-order valence-electron chi connectivity index (χ0n) is 18.6. The van der Waals surface area contributed by atoms with E-state index in [9.17, 15) is 22.0 Å². The van der Waals surface area contributed by atoms with Gasteiger partial charge in [0.25, 0.3) is 10.0 Å². The largest absolute Gasteiger partial charge is 0.480 e. The molecule has 0 atom stereocenters. The summed E-state index contributed by atoms with van der Waals surface area (Å²) in [4.78, 5) is 28.7. The van der Waals surface area contributed by atoms with Crippen LogP contribution in [0.2, 0.25) is 0 Å². The van der Waals surface area contributed by atoms with Gasteiger partial charge in [0, 0.05) is 24.2 Å². The molecule has 0 radical (unpaired) electrons. The maximum Gasteiger partial charge on any atom is 0.264 e. The fourth-order valence-corrected chi connectivity index (χ4v) is 5.13. The summed E-state index contributed by atoms with van der Waals surface area (Å²) >= 11 is 1.18. The van der Waals surface area contributed by atoms with Crippen molar-refractivity contribution >= 4 is 49.3 Å². The number of anilines is 2. The Kier molecular flexibility index (Phi) is 6.58. The van der Waals surface area contributed by atoms with E-state index in [1.54, 1.807) is 13.8 Å². The Morgan fingerprint density at radius 2 is 1.94 bits per heavy atom. The van der Waals surface area contributed by atoms with Crippen LogP contribution in [0.5, 0.6) is 5.88 Å². The van der Waals surface area contributed by atoms with Crippen LogP contribution in [0.25, 0.3) is 20.9 Å². The standard InChI is InChI=1S/C21H18F2N6O4S2/c1-4-16(30)26-21-25-10(2)17-20(28-21)34-19(27-17)11-7-14(18(33-3)24-9-11)29-35(31,32)15-6-5-12(22)8-13(15)23/h5-9,29H,4H2,1-3H3,(H,25,26,28,30). The number of methoxy groups -OCH3 is 1. The molecule has 2 N–H and O–H groups in total. The molecule has 10 nitrogen and oxygen atoms in total. The Labute approximate surface area is 202 Å². The van der Waals surface area contributed by atoms with Crippen LogP contribution >= 0.6 is 11.3 Å². The van der Waals surface area contributed by atoms with E-state index in [0.29, 0.717) is 32.7 Å². The van der Waals surface area contributed by atoms with Crippen molar-refractivity contribution in [2.24, 2.45) is 0 Å². The van der Waals surface area contributed by atoms with E-state index in [1.165, 1.54) is 30.7 Å². The van der Waals surface area contributed by atoms with E-state index in [1.807, 2.05) is 0 Å². The lowest BCUT2D eigenvalue weighted by Crippen LogP contribution is -2.15. The Bertz CT molecular complexity index is 1560. The molecule has 1 amide bonds. The van der Waals surface area contributed by atoms with Gasteiger partial charge in [0.2, 0.25) is 17.7 Å². The summed E-state index contributed by atoms with van der Waals surface area (Å²) in [6, 6.07) is 3.55. The van der Waals surface area contributed by atoms with Crippen LogP contribution in [0.3, 0.4) is 0 Å². The second-order valence-electron chi connectivity index (χ2n) is 7.17. The van der Waals surface area contributed by atoms with Gasteiger partial charge in [-0.05, 0) is 25.1 Å². The van der Waals surface area contributed by atoms with Gasteiger partial charge in [-0.3, -0.25) is 14.8 Å². The quantitative estimate of drug-likeness (QED) is 0.375. The lowest BCUT2D eigenvalue weighted by molar-refractivity contribution is -0.115. The highest BCUT2D eigenvalue weighted by atomic mass is 32.2. The number of carbonyl (C=O) groups excluding carboxylic acids is 1. The number of benzene rings is 1. The number of ether oxygens (including phenoxy) is 1. The third kappa shape index (κ3) is 5.02. The van der Waals surface area contributed by atoms with E-state index in [2.05, 4.69) is 30.0 Å². The lowest BCUT2D eigenvalue weighted by atomic mass is 10.2. The van der Waals surface area contributed by atoms with Crippen molar-refractivity contribution in [1.82, 2.24) is 19.9 Å². The van der Waals surface area contributed by atoms with Crippen molar-refractivity contribution in [3.8, 4) is 16.5 Å². The molecular weight excluding hydrogens is 502 g/mol. The minimum Gasteiger partial charge on any atom is -0.480 e. The van der Waals surface area contributed by atoms with Crippen LogP contribution in [-0.4, -0.2) is 41.4 Å². The topological polar surface area (TPSA) is 136 Å². The fourth-order valence-electron chi connectivity index (χ4n) is 3.05. The average Bonchev–Trinajstić information content (AvgIpc) is 3.23. The maximum absolute atomic E-state index is 14.1. The van der Waals surface area contributed by atoms with Gasteiger partial charge in [-0.2, -0.15) is 4.98 Å². The summed E-state index contributed by atoms with van der Waals surface area (Å²) in [6.07, 6.45) is 1.70. The van der Waals surface area contributed by atoms with Crippen LogP contribution in [0.15, 0.2) is 35.4 Å². The number of pyridine rings is 1. The minimum atomic E-state index is -4.43. The van der Waals surface area contributed by atoms with Crippen molar-refractivity contribution < 1.29 is 26.7 Å². The fraction of sp³-hybridized carbons (Fsp3) is 0.190. The SMILES string of the molecule is CCC(=O)Nc1nc(C)c2nc(-c3cnc(OC)c(NS(=O)(=O)c4ccc(F)cc4F)c3)sc2n1. The number of aromatic nitrogens is 4. The molecule has 0 aliphatic rings. The van der Waals surface area contributed by atoms with Gasteiger partial charge >= 0.3 is 0 Å². The Morgan fingerprint density at radius 1 is 1.17 bits per heavy atom. The zero-order valence-corrected chi connectivity index (χ0v) is 20.2. The molecule has 1 aromatic carbocycles. The number of rotatable bonds is 7. The highest BCUT2D eigenvalue weighted by molar-refractivity contribution is 7.92. The smallest absolute Gasteiger partial charge is 0.264 e. The summed E-state index contributed by atoms with van der Waals surface area (Å²) in [5.74, 6) is -2.30. The number of fused-ring (bicyclic) bond motifs is 1. The number of halogens is 2. The van der Waals surface area contributed by atoms with Crippen molar-refractivity contribution in [3.05, 3.63) is 47.8 Å². The number of hydrogen-bond donors (Lipinski definition) is 2. The molecule has 0 aliphatic carbocycles. The third-order valence-corrected chi connectivity index (χ3v) is 7.12. The van der Waals surface area contributed by atoms with Gasteiger partial charge in [0.05, 0.1) is 12.8 Å². The van der Waals surface area contributed by atoms with Gasteiger partial charge in [0.15, 0.2) is 0 Å². The Morgan fingerprint density at radius 3 is 2.63 bits per heavy atom. The molecule has 3 heterocycles. The molecule has 0 saturated carbocycles. The molecule has 0 unspecified atom stereocenters. The normalized spacial score (nSPS) is 11.5. The summed E-state index contributed by atoms with van der Waals surface area (Å²) in [6.45, 7) is 3.43. The number of nitrogens with one attached hydrogen (secondary N) is 2. The number of aryl methyl sites for hydroxylation is 1. The Balaban J connectivity index is 1.73. The first kappa shape index (κ1) is 24.3. The predicted octanol–water partition coefficient (Wildman–Crippen LogP) is 3.89. The van der Waals surface area contributed by atoms with Gasteiger partial charge in [-0.25, -0.2) is 32.2 Å². The molecule has 14 heteroatoms. The molecule has 0 spiro atoms. The second kappa shape index (κ2) is 9.46. The van der Waals surface area contributed by atoms with Crippen molar-refractivity contribution in [2.45, 2.75) is 25.2 Å². The maximum atomic E-state index is 14.1. The van der Waals surface area contributed by atoms with Crippen molar-refractivity contribution in [2.75, 3.05) is 17.1 Å². The third-order valence-electron chi connectivity index (χ3n) is 4.72. The van der Waals surface area contributed by atoms with Crippen LogP contribution in [-0.2, 0) is 14.8 Å². The number of amides is 1. The number of hydrogen-bond acceptors (Lipinski definition) is 9. The first-order valence-corrected chi connectivity index (χ1v) is 12.4. The molecule has 0 fully saturated rings. The summed E-state index contributed by atoms with van der Waals surface area (Å²) in [5.41, 5.74) is 1.39. The Hall–Kier alpha value is -3.78. The van der Waals surface area contributed by atoms with Gasteiger partial charge in [-0.15, -0.1) is 0 Å². The molecule has 4 aromatic rings. The first-order chi connectivity index (χ1) is 16.6. The molecule has 3 aromatic heterocycles. The monoisotopic (exact) mass is 520 g/mol. The van der Waals surface area contributed by atoms with Crippen molar-refractivity contribution in [1.29, 1.82) is 0 Å². The van der Waals surface area contributed by atoms with Crippen LogP contribution in [0, 0.1) is 18.6 Å². The predicted molar refractivity (Wildman–Crippen MR) is 126 cm³/mol. The number of nitrogens with zero attached hydrogens (tertiary/aromatic N) is 4. The van der Waals surface area contributed by atoms with Crippen LogP contribution in [0.4, 0.5) is 20.4 Å². The highest BCUT2D eigenvalue weighted by Gasteiger charge is 2.23. The first-order valence-electron chi connectivity index (χ1n) is 10.1. The number of thiazole rings is 1. The van der Waals surface area contributed by atoms with E-state index >= 15 is 0 Å². The van der Waals surface area contributed by atoms with Gasteiger partial charge in [0.1, 0.15) is 37.6 Å². The number of carbonyl (C=O) groups is 1. The highest BCUT2D eigenvalue weighted by Crippen LogP contribution is 2.35. The summed E-state index contributed by atoms with van der Waals surface area (Å²) < 4.78 is 60.2. The molecular formula is C21H18F2N6O4S2.